The van der Waals surface area contributed by atoms with E-state index >= 15 is 0 Å². The van der Waals surface area contributed by atoms with Crippen molar-refractivity contribution in [2.75, 3.05) is 6.61 Å². The highest BCUT2D eigenvalue weighted by molar-refractivity contribution is 7.03. The molecule has 94 valence electrons. The number of rotatable bonds is 5. The van der Waals surface area contributed by atoms with Gasteiger partial charge >= 0.3 is 0 Å². The van der Waals surface area contributed by atoms with Gasteiger partial charge < -0.3 is 10.4 Å². The van der Waals surface area contributed by atoms with Gasteiger partial charge in [-0.05, 0) is 23.5 Å². The molecule has 0 saturated carbocycles. The maximum absolute atomic E-state index is 11.9. The first kappa shape index (κ1) is 12.7. The van der Waals surface area contributed by atoms with Crippen LogP contribution in [0.3, 0.4) is 0 Å². The first-order valence-electron chi connectivity index (χ1n) is 5.55. The zero-order valence-electron chi connectivity index (χ0n) is 9.61. The third-order valence-corrected chi connectivity index (χ3v) is 3.02. The van der Waals surface area contributed by atoms with Crippen LogP contribution in [0.5, 0.6) is 0 Å². The Hall–Kier alpha value is -1.79. The van der Waals surface area contributed by atoms with E-state index in [1.54, 1.807) is 5.38 Å². The van der Waals surface area contributed by atoms with Crippen LogP contribution in [0, 0.1) is 0 Å². The standard InChI is InChI=1S/C12H13N3O2S/c16-7-6-10(9-4-2-1-3-5-9)13-12(17)11-8-18-15-14-11/h1-5,8,10,16H,6-7H2,(H,13,17). The predicted molar refractivity (Wildman–Crippen MR) is 68.3 cm³/mol. The molecule has 18 heavy (non-hydrogen) atoms. The molecular weight excluding hydrogens is 250 g/mol. The number of aliphatic hydroxyl groups excluding tert-OH is 1. The van der Waals surface area contributed by atoms with Crippen LogP contribution in [0.25, 0.3) is 0 Å². The van der Waals surface area contributed by atoms with Gasteiger partial charge in [-0.25, -0.2) is 0 Å². The van der Waals surface area contributed by atoms with Crippen LogP contribution in [0.15, 0.2) is 35.7 Å². The normalized spacial score (nSPS) is 12.1. The SMILES string of the molecule is O=C(NC(CCO)c1ccccc1)c1csnn1. The van der Waals surface area contributed by atoms with E-state index in [9.17, 15) is 4.79 Å². The maximum atomic E-state index is 11.9. The van der Waals surface area contributed by atoms with E-state index in [1.807, 2.05) is 30.3 Å². The lowest BCUT2D eigenvalue weighted by molar-refractivity contribution is 0.0925. The zero-order chi connectivity index (χ0) is 12.8. The van der Waals surface area contributed by atoms with Gasteiger partial charge in [-0.3, -0.25) is 4.79 Å². The number of carbonyl (C=O) groups excluding carboxylic acids is 1. The minimum Gasteiger partial charge on any atom is -0.396 e. The van der Waals surface area contributed by atoms with Gasteiger partial charge in [0.05, 0.1) is 6.04 Å². The molecule has 1 heterocycles. The molecular formula is C12H13N3O2S. The van der Waals surface area contributed by atoms with E-state index in [0.717, 1.165) is 17.1 Å². The van der Waals surface area contributed by atoms with Crippen molar-refractivity contribution in [2.24, 2.45) is 0 Å². The summed E-state index contributed by atoms with van der Waals surface area (Å²) in [6, 6.07) is 9.32. The van der Waals surface area contributed by atoms with Crippen LogP contribution in [-0.2, 0) is 0 Å². The van der Waals surface area contributed by atoms with Crippen molar-refractivity contribution in [3.8, 4) is 0 Å². The van der Waals surface area contributed by atoms with Gasteiger partial charge in [-0.15, -0.1) is 5.10 Å². The lowest BCUT2D eigenvalue weighted by atomic mass is 10.0. The molecule has 1 aromatic heterocycles. The van der Waals surface area contributed by atoms with E-state index in [1.165, 1.54) is 0 Å². The van der Waals surface area contributed by atoms with Crippen molar-refractivity contribution in [1.82, 2.24) is 14.9 Å². The topological polar surface area (TPSA) is 75.1 Å². The molecule has 1 aromatic carbocycles. The molecule has 0 saturated heterocycles. The van der Waals surface area contributed by atoms with Crippen LogP contribution in [0.1, 0.15) is 28.5 Å². The minimum atomic E-state index is -0.272. The predicted octanol–water partition coefficient (Wildman–Crippen LogP) is 1.39. The molecule has 1 unspecified atom stereocenters. The third kappa shape index (κ3) is 3.12. The fourth-order valence-electron chi connectivity index (χ4n) is 1.63. The number of aromatic nitrogens is 2. The highest BCUT2D eigenvalue weighted by Crippen LogP contribution is 2.16. The van der Waals surface area contributed by atoms with E-state index in [2.05, 4.69) is 14.9 Å². The molecule has 0 fully saturated rings. The quantitative estimate of drug-likeness (QED) is 0.855. The summed E-state index contributed by atoms with van der Waals surface area (Å²) in [6.45, 7) is 0.00908. The number of nitrogens with zero attached hydrogens (tertiary/aromatic N) is 2. The van der Waals surface area contributed by atoms with Gasteiger partial charge in [0, 0.05) is 12.0 Å². The maximum Gasteiger partial charge on any atom is 0.273 e. The molecule has 2 rings (SSSR count). The molecule has 1 amide bonds. The van der Waals surface area contributed by atoms with Crippen LogP contribution in [-0.4, -0.2) is 27.2 Å². The van der Waals surface area contributed by atoms with Crippen molar-refractivity contribution in [2.45, 2.75) is 12.5 Å². The molecule has 0 aliphatic heterocycles. The second-order valence-corrected chi connectivity index (χ2v) is 4.35. The highest BCUT2D eigenvalue weighted by Gasteiger charge is 2.16. The second-order valence-electron chi connectivity index (χ2n) is 3.74. The largest absolute Gasteiger partial charge is 0.396 e. The van der Waals surface area contributed by atoms with Crippen molar-refractivity contribution < 1.29 is 9.90 Å². The first-order valence-corrected chi connectivity index (χ1v) is 6.38. The van der Waals surface area contributed by atoms with Crippen LogP contribution < -0.4 is 5.32 Å². The Morgan fingerprint density at radius 3 is 2.78 bits per heavy atom. The van der Waals surface area contributed by atoms with Crippen LogP contribution in [0.4, 0.5) is 0 Å². The van der Waals surface area contributed by atoms with Gasteiger partial charge in [-0.1, -0.05) is 34.8 Å². The fraction of sp³-hybridized carbons (Fsp3) is 0.250. The van der Waals surface area contributed by atoms with E-state index in [4.69, 9.17) is 5.11 Å². The van der Waals surface area contributed by atoms with Gasteiger partial charge in [0.15, 0.2) is 5.69 Å². The molecule has 0 aliphatic rings. The van der Waals surface area contributed by atoms with Gasteiger partial charge in [0.1, 0.15) is 0 Å². The Bertz CT molecular complexity index is 487. The Balaban J connectivity index is 2.10. The third-order valence-electron chi connectivity index (χ3n) is 2.52. The average Bonchev–Trinajstić information content (AvgIpc) is 2.93. The molecule has 1 atom stereocenters. The number of aliphatic hydroxyl groups is 1. The average molecular weight is 263 g/mol. The Labute approximate surface area is 109 Å². The summed E-state index contributed by atoms with van der Waals surface area (Å²) in [6.07, 6.45) is 0.466. The van der Waals surface area contributed by atoms with Crippen molar-refractivity contribution in [3.63, 3.8) is 0 Å². The summed E-state index contributed by atoms with van der Waals surface area (Å²) in [5.41, 5.74) is 1.27. The number of hydrogen-bond donors (Lipinski definition) is 2. The summed E-state index contributed by atoms with van der Waals surface area (Å²) < 4.78 is 3.65. The van der Waals surface area contributed by atoms with Gasteiger partial charge in [-0.2, -0.15) is 0 Å². The Morgan fingerprint density at radius 1 is 1.39 bits per heavy atom. The summed E-state index contributed by atoms with van der Waals surface area (Å²) in [4.78, 5) is 11.9. The molecule has 6 heteroatoms. The summed E-state index contributed by atoms with van der Waals surface area (Å²) in [7, 11) is 0. The highest BCUT2D eigenvalue weighted by atomic mass is 32.1. The van der Waals surface area contributed by atoms with Gasteiger partial charge in [0.25, 0.3) is 5.91 Å². The lowest BCUT2D eigenvalue weighted by Gasteiger charge is -2.17. The molecule has 2 N–H and O–H groups in total. The zero-order valence-corrected chi connectivity index (χ0v) is 10.4. The number of carbonyl (C=O) groups is 1. The molecule has 2 aromatic rings. The van der Waals surface area contributed by atoms with Crippen molar-refractivity contribution in [1.29, 1.82) is 0 Å². The summed E-state index contributed by atoms with van der Waals surface area (Å²) in [5, 5.41) is 17.2. The number of amides is 1. The Kier molecular flexibility index (Phi) is 4.38. The molecule has 5 nitrogen and oxygen atoms in total. The molecule has 0 spiro atoms. The van der Waals surface area contributed by atoms with E-state index in [0.29, 0.717) is 12.1 Å². The van der Waals surface area contributed by atoms with Crippen LogP contribution in [0.2, 0.25) is 0 Å². The molecule has 0 radical (unpaired) electrons. The monoisotopic (exact) mass is 263 g/mol. The lowest BCUT2D eigenvalue weighted by Crippen LogP contribution is -2.29. The second kappa shape index (κ2) is 6.23. The number of benzene rings is 1. The number of nitrogens with one attached hydrogen (secondary N) is 1. The molecule has 0 bridgehead atoms. The first-order chi connectivity index (χ1) is 8.81. The van der Waals surface area contributed by atoms with Crippen molar-refractivity contribution in [3.05, 3.63) is 47.0 Å². The Morgan fingerprint density at radius 2 is 2.17 bits per heavy atom. The smallest absolute Gasteiger partial charge is 0.273 e. The fourth-order valence-corrected chi connectivity index (χ4v) is 2.07. The molecule has 0 aliphatic carbocycles. The summed E-state index contributed by atoms with van der Waals surface area (Å²) >= 11 is 1.13. The number of hydrogen-bond acceptors (Lipinski definition) is 5. The van der Waals surface area contributed by atoms with E-state index < -0.39 is 0 Å². The van der Waals surface area contributed by atoms with E-state index in [-0.39, 0.29) is 18.6 Å². The van der Waals surface area contributed by atoms with Crippen molar-refractivity contribution >= 4 is 17.4 Å². The summed E-state index contributed by atoms with van der Waals surface area (Å²) in [5.74, 6) is -0.272. The minimum absolute atomic E-state index is 0.00908. The van der Waals surface area contributed by atoms with Gasteiger partial charge in [0.2, 0.25) is 0 Å². The van der Waals surface area contributed by atoms with Crippen LogP contribution >= 0.6 is 11.5 Å².